The van der Waals surface area contributed by atoms with Gasteiger partial charge >= 0.3 is 5.97 Å². The van der Waals surface area contributed by atoms with E-state index in [0.29, 0.717) is 18.3 Å². The van der Waals surface area contributed by atoms with Crippen LogP contribution in [-0.2, 0) is 14.3 Å². The van der Waals surface area contributed by atoms with E-state index in [1.165, 1.54) is 12.7 Å². The number of alkyl halides is 1. The molecule has 4 nitrogen and oxygen atoms in total. The lowest BCUT2D eigenvalue weighted by Gasteiger charge is -2.59. The zero-order valence-electron chi connectivity index (χ0n) is 16.3. The van der Waals surface area contributed by atoms with E-state index in [-0.39, 0.29) is 33.3 Å². The summed E-state index contributed by atoms with van der Waals surface area (Å²) in [6, 6.07) is 0. The summed E-state index contributed by atoms with van der Waals surface area (Å²) in [5, 5.41) is 11.3. The van der Waals surface area contributed by atoms with E-state index in [2.05, 4.69) is 29.8 Å². The van der Waals surface area contributed by atoms with Crippen LogP contribution in [0.15, 0.2) is 23.3 Å². The lowest BCUT2D eigenvalue weighted by atomic mass is 9.46. The molecule has 0 spiro atoms. The number of aliphatic hydroxyl groups is 1. The number of carbonyl (C=O) groups is 2. The Morgan fingerprint density at radius 2 is 2.00 bits per heavy atom. The Morgan fingerprint density at radius 1 is 1.26 bits per heavy atom. The molecule has 0 heterocycles. The van der Waals surface area contributed by atoms with E-state index in [4.69, 9.17) is 4.74 Å². The molecule has 0 amide bonds. The maximum atomic E-state index is 12.2. The summed E-state index contributed by atoms with van der Waals surface area (Å²) in [6.07, 6.45) is 8.48. The Hall–Kier alpha value is -0.940. The van der Waals surface area contributed by atoms with Crippen molar-refractivity contribution in [3.8, 4) is 0 Å². The van der Waals surface area contributed by atoms with Crippen LogP contribution < -0.4 is 0 Å². The third-order valence-electron chi connectivity index (χ3n) is 8.24. The topological polar surface area (TPSA) is 63.6 Å². The van der Waals surface area contributed by atoms with Crippen LogP contribution in [0.1, 0.15) is 52.4 Å². The average Bonchev–Trinajstić information content (AvgIpc) is 2.91. The van der Waals surface area contributed by atoms with Crippen molar-refractivity contribution in [2.24, 2.45) is 28.6 Å². The molecule has 5 heteroatoms. The van der Waals surface area contributed by atoms with Gasteiger partial charge in [-0.3, -0.25) is 4.79 Å². The highest BCUT2D eigenvalue weighted by molar-refractivity contribution is 9.10. The fourth-order valence-electron chi connectivity index (χ4n) is 7.00. The first-order valence-electron chi connectivity index (χ1n) is 10.1. The number of rotatable bonds is 1. The fraction of sp³-hybridized carbons (Fsp3) is 0.727. The number of hydrogen-bond donors (Lipinski definition) is 1. The molecule has 4 aliphatic rings. The molecule has 0 aromatic heterocycles. The number of methoxy groups -OCH3 is 1. The first-order valence-corrected chi connectivity index (χ1v) is 11.0. The van der Waals surface area contributed by atoms with Crippen molar-refractivity contribution in [1.29, 1.82) is 0 Å². The maximum Gasteiger partial charge on any atom is 0.330 e. The van der Waals surface area contributed by atoms with Crippen molar-refractivity contribution >= 4 is 27.7 Å². The Bertz CT molecular complexity index is 741. The molecule has 0 radical (unpaired) electrons. The Kier molecular flexibility index (Phi) is 4.70. The van der Waals surface area contributed by atoms with Gasteiger partial charge in [0.15, 0.2) is 5.78 Å². The highest BCUT2D eigenvalue weighted by Gasteiger charge is 2.61. The van der Waals surface area contributed by atoms with Crippen LogP contribution >= 0.6 is 15.9 Å². The van der Waals surface area contributed by atoms with Crippen LogP contribution in [0, 0.1) is 28.6 Å². The number of esters is 1. The van der Waals surface area contributed by atoms with E-state index >= 15 is 0 Å². The van der Waals surface area contributed by atoms with Crippen molar-refractivity contribution < 1.29 is 19.4 Å². The second-order valence-electron chi connectivity index (χ2n) is 9.42. The van der Waals surface area contributed by atoms with E-state index < -0.39 is 6.10 Å². The molecule has 4 aliphatic carbocycles. The van der Waals surface area contributed by atoms with E-state index in [0.717, 1.165) is 37.7 Å². The molecule has 4 rings (SSSR count). The van der Waals surface area contributed by atoms with Gasteiger partial charge in [0.1, 0.15) is 0 Å². The Balaban J connectivity index is 1.71. The minimum absolute atomic E-state index is 0.124. The van der Waals surface area contributed by atoms with Crippen molar-refractivity contribution in [2.75, 3.05) is 7.11 Å². The molecule has 0 aromatic rings. The third kappa shape index (κ3) is 2.79. The minimum atomic E-state index is -0.419. The van der Waals surface area contributed by atoms with Gasteiger partial charge in [0, 0.05) is 6.08 Å². The van der Waals surface area contributed by atoms with Gasteiger partial charge in [-0.05, 0) is 73.2 Å². The zero-order valence-corrected chi connectivity index (χ0v) is 17.9. The molecule has 3 saturated carbocycles. The van der Waals surface area contributed by atoms with Crippen molar-refractivity contribution in [3.05, 3.63) is 23.3 Å². The van der Waals surface area contributed by atoms with Crippen molar-refractivity contribution in [1.82, 2.24) is 0 Å². The number of hydrogen-bond acceptors (Lipinski definition) is 4. The number of ether oxygens (including phenoxy) is 1. The van der Waals surface area contributed by atoms with Gasteiger partial charge in [0.05, 0.1) is 18.0 Å². The predicted molar refractivity (Wildman–Crippen MR) is 106 cm³/mol. The summed E-state index contributed by atoms with van der Waals surface area (Å²) in [5.74, 6) is 0.961. The number of aliphatic hydroxyl groups excluding tert-OH is 1. The smallest absolute Gasteiger partial charge is 0.330 e. The van der Waals surface area contributed by atoms with Crippen LogP contribution in [-0.4, -0.2) is 34.9 Å². The van der Waals surface area contributed by atoms with Gasteiger partial charge in [-0.25, -0.2) is 4.79 Å². The molecule has 7 unspecified atom stereocenters. The molecule has 7 atom stereocenters. The molecule has 0 saturated heterocycles. The van der Waals surface area contributed by atoms with Gasteiger partial charge < -0.3 is 9.84 Å². The van der Waals surface area contributed by atoms with Gasteiger partial charge in [0.25, 0.3) is 0 Å². The van der Waals surface area contributed by atoms with Crippen LogP contribution in [0.3, 0.4) is 0 Å². The second kappa shape index (κ2) is 6.55. The number of halogens is 1. The number of ketones is 1. The predicted octanol–water partition coefficient (Wildman–Crippen LogP) is 3.96. The van der Waals surface area contributed by atoms with Crippen LogP contribution in [0.25, 0.3) is 0 Å². The molecule has 0 bridgehead atoms. The molecule has 148 valence electrons. The lowest BCUT2D eigenvalue weighted by molar-refractivity contribution is -0.135. The second-order valence-corrected chi connectivity index (χ2v) is 10.5. The van der Waals surface area contributed by atoms with Gasteiger partial charge in [0.2, 0.25) is 0 Å². The standard InChI is InChI=1S/C22H29BrO4/c1-21-11-18(25)20-14(15(21)7-5-13(21)9-19(26)27-3)6-4-12-8-17(24)16(23)10-22(12,20)2/h8-9,14-16,18,20,25H,4-7,10-11H2,1-3H3. The SMILES string of the molecule is COC(=O)C=C1CCC2C3CCC4=CC(=O)C(Br)CC4(C)C3C(O)CC12C. The molecule has 1 N–H and O–H groups in total. The summed E-state index contributed by atoms with van der Waals surface area (Å²) in [7, 11) is 1.41. The molecule has 27 heavy (non-hydrogen) atoms. The summed E-state index contributed by atoms with van der Waals surface area (Å²) in [4.78, 5) is 23.9. The third-order valence-corrected chi connectivity index (χ3v) is 9.02. The first kappa shape index (κ1) is 19.4. The maximum absolute atomic E-state index is 12.2. The zero-order chi connectivity index (χ0) is 19.6. The summed E-state index contributed by atoms with van der Waals surface area (Å²) in [5.41, 5.74) is 2.11. The molecular formula is C22H29BrO4. The van der Waals surface area contributed by atoms with E-state index in [1.54, 1.807) is 6.08 Å². The summed E-state index contributed by atoms with van der Waals surface area (Å²) < 4.78 is 4.86. The largest absolute Gasteiger partial charge is 0.466 e. The molecular weight excluding hydrogens is 408 g/mol. The lowest BCUT2D eigenvalue weighted by Crippen LogP contribution is -2.56. The fourth-order valence-corrected chi connectivity index (χ4v) is 7.80. The quantitative estimate of drug-likeness (QED) is 0.383. The van der Waals surface area contributed by atoms with Crippen LogP contribution in [0.4, 0.5) is 0 Å². The highest BCUT2D eigenvalue weighted by atomic mass is 79.9. The van der Waals surface area contributed by atoms with Gasteiger partial charge in [-0.15, -0.1) is 0 Å². The normalized spacial score (nSPS) is 47.7. The molecule has 0 aliphatic heterocycles. The molecule has 3 fully saturated rings. The summed E-state index contributed by atoms with van der Waals surface area (Å²) >= 11 is 3.56. The van der Waals surface area contributed by atoms with Crippen LogP contribution in [0.5, 0.6) is 0 Å². The first-order chi connectivity index (χ1) is 12.7. The van der Waals surface area contributed by atoms with E-state index in [1.807, 2.05) is 6.08 Å². The average molecular weight is 437 g/mol. The number of carbonyl (C=O) groups excluding carboxylic acids is 2. The minimum Gasteiger partial charge on any atom is -0.466 e. The summed E-state index contributed by atoms with van der Waals surface area (Å²) in [6.45, 7) is 4.48. The van der Waals surface area contributed by atoms with Crippen molar-refractivity contribution in [2.45, 2.75) is 63.3 Å². The monoisotopic (exact) mass is 436 g/mol. The molecule has 0 aromatic carbocycles. The number of allylic oxidation sites excluding steroid dienone is 2. The van der Waals surface area contributed by atoms with E-state index in [9.17, 15) is 14.7 Å². The Labute approximate surface area is 169 Å². The number of fused-ring (bicyclic) bond motifs is 5. The Morgan fingerprint density at radius 3 is 2.70 bits per heavy atom. The van der Waals surface area contributed by atoms with Gasteiger partial charge in [-0.2, -0.15) is 0 Å². The van der Waals surface area contributed by atoms with Crippen LogP contribution in [0.2, 0.25) is 0 Å². The van der Waals surface area contributed by atoms with Crippen molar-refractivity contribution in [3.63, 3.8) is 0 Å². The van der Waals surface area contributed by atoms with Gasteiger partial charge in [-0.1, -0.05) is 40.9 Å². The highest BCUT2D eigenvalue weighted by Crippen LogP contribution is 2.66.